The predicted octanol–water partition coefficient (Wildman–Crippen LogP) is 4.47. The highest BCUT2D eigenvalue weighted by molar-refractivity contribution is 7.92. The summed E-state index contributed by atoms with van der Waals surface area (Å²) in [5.74, 6) is -0.694. The maximum atomic E-state index is 13.5. The van der Waals surface area contributed by atoms with Gasteiger partial charge in [-0.15, -0.1) is 0 Å². The van der Waals surface area contributed by atoms with Gasteiger partial charge in [0.2, 0.25) is 21.8 Å². The number of carbonyl (C=O) groups excluding carboxylic acids is 2. The van der Waals surface area contributed by atoms with E-state index in [2.05, 4.69) is 5.32 Å². The Labute approximate surface area is 225 Å². The summed E-state index contributed by atoms with van der Waals surface area (Å²) in [6.45, 7) is 2.89. The van der Waals surface area contributed by atoms with Gasteiger partial charge in [0.05, 0.1) is 29.6 Å². The normalized spacial score (nSPS) is 12.5. The summed E-state index contributed by atoms with van der Waals surface area (Å²) < 4.78 is 70.9. The maximum absolute atomic E-state index is 13.5. The molecule has 0 heterocycles. The standard InChI is InChI=1S/C25H31ClF3N3O5S/c1-5-6-13-30-24(34)17(2)31(15-18-7-10-20(37-3)11-8-18)23(33)16-32(38(4,35)36)22-14-19(25(27,28)29)9-12-21(22)26/h7-12,14,17H,5-6,13,15-16H2,1-4H3,(H,30,34). The zero-order chi connectivity index (χ0) is 28.7. The fraction of sp³-hybridized carbons (Fsp3) is 0.440. The lowest BCUT2D eigenvalue weighted by atomic mass is 10.1. The van der Waals surface area contributed by atoms with E-state index < -0.39 is 51.9 Å². The molecular weight excluding hydrogens is 547 g/mol. The van der Waals surface area contributed by atoms with E-state index in [-0.39, 0.29) is 11.6 Å². The first-order valence-electron chi connectivity index (χ1n) is 11.7. The number of carbonyl (C=O) groups is 2. The number of nitrogens with one attached hydrogen (secondary N) is 1. The van der Waals surface area contributed by atoms with Crippen LogP contribution in [0.25, 0.3) is 0 Å². The Balaban J connectivity index is 2.46. The minimum absolute atomic E-state index is 0.0703. The number of methoxy groups -OCH3 is 1. The van der Waals surface area contributed by atoms with E-state index in [1.807, 2.05) is 6.92 Å². The first kappa shape index (κ1) is 31.2. The van der Waals surface area contributed by atoms with Gasteiger partial charge in [0.25, 0.3) is 0 Å². The van der Waals surface area contributed by atoms with Crippen LogP contribution in [0.3, 0.4) is 0 Å². The van der Waals surface area contributed by atoms with Crippen molar-refractivity contribution >= 4 is 39.1 Å². The van der Waals surface area contributed by atoms with Gasteiger partial charge >= 0.3 is 6.18 Å². The van der Waals surface area contributed by atoms with Crippen molar-refractivity contribution in [3.8, 4) is 5.75 Å². The van der Waals surface area contributed by atoms with Crippen molar-refractivity contribution in [2.75, 3.05) is 30.8 Å². The van der Waals surface area contributed by atoms with E-state index in [0.29, 0.717) is 34.3 Å². The van der Waals surface area contributed by atoms with Crippen LogP contribution in [0, 0.1) is 0 Å². The van der Waals surface area contributed by atoms with Crippen molar-refractivity contribution in [2.24, 2.45) is 0 Å². The van der Waals surface area contributed by atoms with Crippen molar-refractivity contribution in [1.82, 2.24) is 10.2 Å². The molecule has 2 amide bonds. The first-order chi connectivity index (χ1) is 17.7. The second-order valence-corrected chi connectivity index (χ2v) is 10.9. The minimum atomic E-state index is -4.77. The van der Waals surface area contributed by atoms with E-state index in [1.54, 1.807) is 24.3 Å². The second-order valence-electron chi connectivity index (χ2n) is 8.62. The number of alkyl halides is 3. The molecule has 0 saturated carbocycles. The average Bonchev–Trinajstić information content (AvgIpc) is 2.84. The van der Waals surface area contributed by atoms with Crippen molar-refractivity contribution in [2.45, 2.75) is 45.5 Å². The van der Waals surface area contributed by atoms with Gasteiger partial charge in [0, 0.05) is 13.1 Å². The lowest BCUT2D eigenvalue weighted by Gasteiger charge is -2.32. The van der Waals surface area contributed by atoms with E-state index in [1.165, 1.54) is 18.9 Å². The zero-order valence-corrected chi connectivity index (χ0v) is 23.1. The maximum Gasteiger partial charge on any atom is 0.416 e. The number of halogens is 4. The van der Waals surface area contributed by atoms with E-state index in [9.17, 15) is 31.2 Å². The summed E-state index contributed by atoms with van der Waals surface area (Å²) in [7, 11) is -2.77. The molecular formula is C25H31ClF3N3O5S. The third-order valence-electron chi connectivity index (χ3n) is 5.73. The van der Waals surface area contributed by atoms with Crippen molar-refractivity contribution in [3.05, 3.63) is 58.6 Å². The molecule has 0 fully saturated rings. The van der Waals surface area contributed by atoms with Crippen LogP contribution in [0.5, 0.6) is 5.75 Å². The summed E-state index contributed by atoms with van der Waals surface area (Å²) in [5, 5.41) is 2.45. The van der Waals surface area contributed by atoms with Gasteiger partial charge in [-0.1, -0.05) is 37.1 Å². The molecule has 0 radical (unpaired) electrons. The number of amides is 2. The number of benzene rings is 2. The van der Waals surface area contributed by atoms with Crippen LogP contribution >= 0.6 is 11.6 Å². The summed E-state index contributed by atoms with van der Waals surface area (Å²) in [6.07, 6.45) is -2.45. The fourth-order valence-electron chi connectivity index (χ4n) is 3.52. The van der Waals surface area contributed by atoms with E-state index in [4.69, 9.17) is 16.3 Å². The molecule has 8 nitrogen and oxygen atoms in total. The van der Waals surface area contributed by atoms with Crippen LogP contribution in [0.4, 0.5) is 18.9 Å². The molecule has 0 aliphatic rings. The largest absolute Gasteiger partial charge is 0.497 e. The Morgan fingerprint density at radius 1 is 1.13 bits per heavy atom. The number of sulfonamides is 1. The van der Waals surface area contributed by atoms with Crippen LogP contribution in [-0.4, -0.2) is 57.6 Å². The topological polar surface area (TPSA) is 96.0 Å². The first-order valence-corrected chi connectivity index (χ1v) is 14.0. The molecule has 210 valence electrons. The number of hydrogen-bond donors (Lipinski definition) is 1. The third-order valence-corrected chi connectivity index (χ3v) is 7.18. The fourth-order valence-corrected chi connectivity index (χ4v) is 4.64. The quantitative estimate of drug-likeness (QED) is 0.376. The SMILES string of the molecule is CCCCNC(=O)C(C)N(Cc1ccc(OC)cc1)C(=O)CN(c1cc(C(F)(F)F)ccc1Cl)S(C)(=O)=O. The lowest BCUT2D eigenvalue weighted by molar-refractivity contribution is -0.139. The van der Waals surface area contributed by atoms with E-state index >= 15 is 0 Å². The van der Waals surface area contributed by atoms with Crippen LogP contribution in [-0.2, 0) is 32.3 Å². The minimum Gasteiger partial charge on any atom is -0.497 e. The highest BCUT2D eigenvalue weighted by Crippen LogP contribution is 2.36. The molecule has 1 atom stereocenters. The number of anilines is 1. The molecule has 2 aromatic rings. The van der Waals surface area contributed by atoms with Gasteiger partial charge in [0.15, 0.2) is 0 Å². The van der Waals surface area contributed by atoms with Crippen LogP contribution < -0.4 is 14.4 Å². The average molecular weight is 578 g/mol. The van der Waals surface area contributed by atoms with Crippen LogP contribution in [0.1, 0.15) is 37.8 Å². The Bertz CT molecular complexity index is 1220. The number of rotatable bonds is 12. The molecule has 0 aliphatic carbocycles. The lowest BCUT2D eigenvalue weighted by Crippen LogP contribution is -2.51. The highest BCUT2D eigenvalue weighted by atomic mass is 35.5. The molecule has 2 aromatic carbocycles. The number of ether oxygens (including phenoxy) is 1. The molecule has 0 aliphatic heterocycles. The summed E-state index contributed by atoms with van der Waals surface area (Å²) in [6, 6.07) is 7.88. The molecule has 2 rings (SSSR count). The van der Waals surface area contributed by atoms with Crippen LogP contribution in [0.2, 0.25) is 5.02 Å². The van der Waals surface area contributed by atoms with Gasteiger partial charge in [-0.3, -0.25) is 13.9 Å². The molecule has 13 heteroatoms. The molecule has 0 aromatic heterocycles. The molecule has 0 saturated heterocycles. The molecule has 38 heavy (non-hydrogen) atoms. The Morgan fingerprint density at radius 2 is 1.76 bits per heavy atom. The monoisotopic (exact) mass is 577 g/mol. The van der Waals surface area contributed by atoms with Gasteiger partial charge < -0.3 is 15.0 Å². The van der Waals surface area contributed by atoms with E-state index in [0.717, 1.165) is 25.2 Å². The predicted molar refractivity (Wildman–Crippen MR) is 140 cm³/mol. The Morgan fingerprint density at radius 3 is 2.29 bits per heavy atom. The second kappa shape index (κ2) is 13.2. The smallest absolute Gasteiger partial charge is 0.416 e. The molecule has 1 N–H and O–H groups in total. The molecule has 0 bridgehead atoms. The Hall–Kier alpha value is -2.99. The number of hydrogen-bond acceptors (Lipinski definition) is 5. The van der Waals surface area contributed by atoms with Gasteiger partial charge in [0.1, 0.15) is 18.3 Å². The summed E-state index contributed by atoms with van der Waals surface area (Å²) >= 11 is 6.08. The van der Waals surface area contributed by atoms with Crippen LogP contribution in [0.15, 0.2) is 42.5 Å². The zero-order valence-electron chi connectivity index (χ0n) is 21.5. The Kier molecular flexibility index (Phi) is 10.8. The highest BCUT2D eigenvalue weighted by Gasteiger charge is 2.34. The van der Waals surface area contributed by atoms with Gasteiger partial charge in [-0.25, -0.2) is 8.42 Å². The molecule has 1 unspecified atom stereocenters. The van der Waals surface area contributed by atoms with Gasteiger partial charge in [-0.05, 0) is 49.2 Å². The molecule has 0 spiro atoms. The van der Waals surface area contributed by atoms with Crippen molar-refractivity contribution in [3.63, 3.8) is 0 Å². The third kappa shape index (κ3) is 8.52. The summed E-state index contributed by atoms with van der Waals surface area (Å²) in [5.41, 5.74) is -1.01. The van der Waals surface area contributed by atoms with Crippen molar-refractivity contribution < 1.29 is 35.9 Å². The summed E-state index contributed by atoms with van der Waals surface area (Å²) in [4.78, 5) is 27.5. The van der Waals surface area contributed by atoms with Crippen molar-refractivity contribution in [1.29, 1.82) is 0 Å². The number of nitrogens with zero attached hydrogens (tertiary/aromatic N) is 2. The number of unbranched alkanes of at least 4 members (excludes halogenated alkanes) is 1. The van der Waals surface area contributed by atoms with Gasteiger partial charge in [-0.2, -0.15) is 13.2 Å².